The summed E-state index contributed by atoms with van der Waals surface area (Å²) < 4.78 is 32.9. The molecule has 0 N–H and O–H groups in total. The van der Waals surface area contributed by atoms with Crippen molar-refractivity contribution in [3.8, 4) is 0 Å². The molecular formula is C17H24BNO3S2. The second-order valence-corrected chi connectivity index (χ2v) is 9.81. The maximum Gasteiger partial charge on any atom is 0.265 e. The zero-order chi connectivity index (χ0) is 18.1. The molecule has 0 fully saturated rings. The molecule has 1 heterocycles. The lowest BCUT2D eigenvalue weighted by Gasteiger charge is -2.26. The van der Waals surface area contributed by atoms with Gasteiger partial charge in [-0.3, -0.25) is 0 Å². The number of ether oxygens (including phenoxy) is 1. The van der Waals surface area contributed by atoms with Crippen molar-refractivity contribution >= 4 is 40.4 Å². The van der Waals surface area contributed by atoms with E-state index in [4.69, 9.17) is 4.74 Å². The Morgan fingerprint density at radius 3 is 2.38 bits per heavy atom. The van der Waals surface area contributed by atoms with Crippen LogP contribution in [-0.4, -0.2) is 30.1 Å². The van der Waals surface area contributed by atoms with Gasteiger partial charge in [-0.05, 0) is 35.4 Å². The smallest absolute Gasteiger partial charge is 0.265 e. The molecule has 0 aliphatic carbocycles. The largest absolute Gasteiger partial charge is 0.363 e. The molecule has 2 aromatic rings. The Kier molecular flexibility index (Phi) is 5.47. The highest BCUT2D eigenvalue weighted by molar-refractivity contribution is 7.93. The highest BCUT2D eigenvalue weighted by Crippen LogP contribution is 2.30. The van der Waals surface area contributed by atoms with Gasteiger partial charge in [-0.25, -0.2) is 12.7 Å². The van der Waals surface area contributed by atoms with Gasteiger partial charge in [-0.15, -0.1) is 11.3 Å². The zero-order valence-corrected chi connectivity index (χ0v) is 16.7. The first-order valence-electron chi connectivity index (χ1n) is 7.76. The van der Waals surface area contributed by atoms with Crippen LogP contribution >= 0.6 is 11.3 Å². The Balaban J connectivity index is 2.54. The molecular weight excluding hydrogens is 341 g/mol. The topological polar surface area (TPSA) is 46.6 Å². The molecule has 7 heteroatoms. The number of hydrogen-bond donors (Lipinski definition) is 0. The normalized spacial score (nSPS) is 12.4. The van der Waals surface area contributed by atoms with Gasteiger partial charge in [0.25, 0.3) is 10.0 Å². The van der Waals surface area contributed by atoms with Crippen LogP contribution in [0.3, 0.4) is 0 Å². The minimum atomic E-state index is -3.69. The fourth-order valence-corrected chi connectivity index (χ4v) is 4.95. The number of thiophene rings is 1. The summed E-state index contributed by atoms with van der Waals surface area (Å²) >= 11 is 1.52. The molecule has 0 bridgehead atoms. The van der Waals surface area contributed by atoms with Crippen LogP contribution in [0.5, 0.6) is 0 Å². The molecule has 0 spiro atoms. The van der Waals surface area contributed by atoms with Gasteiger partial charge in [-0.2, -0.15) is 0 Å². The number of hydrogen-bond acceptors (Lipinski definition) is 4. The van der Waals surface area contributed by atoms with Crippen molar-refractivity contribution in [2.45, 2.75) is 38.0 Å². The number of benzene rings is 1. The van der Waals surface area contributed by atoms with E-state index in [0.717, 1.165) is 15.9 Å². The summed E-state index contributed by atoms with van der Waals surface area (Å²) in [6, 6.07) is 7.37. The monoisotopic (exact) mass is 365 g/mol. The van der Waals surface area contributed by atoms with Crippen molar-refractivity contribution in [2.24, 2.45) is 0 Å². The summed E-state index contributed by atoms with van der Waals surface area (Å²) in [4.78, 5) is 1.26. The van der Waals surface area contributed by atoms with Gasteiger partial charge in [0.05, 0.1) is 10.6 Å². The zero-order valence-electron chi connectivity index (χ0n) is 15.1. The molecule has 4 nitrogen and oxygen atoms in total. The van der Waals surface area contributed by atoms with Crippen LogP contribution in [0.1, 0.15) is 31.2 Å². The number of anilines is 1. The molecule has 0 aliphatic heterocycles. The Labute approximate surface area is 149 Å². The standard InChI is InChI=1S/C17H24BNO3S2/c1-12-15(8-9-23-12)19(11-22-5)24(20,21)16-7-6-13(10-14(16)18)17(2,3)4/h6-10H,11,18H2,1-5H3. The maximum atomic E-state index is 13.2. The van der Waals surface area contributed by atoms with E-state index in [2.05, 4.69) is 20.8 Å². The molecule has 0 atom stereocenters. The summed E-state index contributed by atoms with van der Waals surface area (Å²) in [6.45, 7) is 8.24. The molecule has 130 valence electrons. The van der Waals surface area contributed by atoms with E-state index >= 15 is 0 Å². The molecule has 2 rings (SSSR count). The summed E-state index contributed by atoms with van der Waals surface area (Å²) in [5.74, 6) is 0. The molecule has 0 amide bonds. The lowest BCUT2D eigenvalue weighted by Crippen LogP contribution is -2.36. The van der Waals surface area contributed by atoms with E-state index in [1.165, 1.54) is 22.8 Å². The van der Waals surface area contributed by atoms with Crippen molar-refractivity contribution in [1.29, 1.82) is 0 Å². The molecule has 0 aliphatic rings. The minimum Gasteiger partial charge on any atom is -0.363 e. The average molecular weight is 365 g/mol. The second-order valence-electron chi connectivity index (χ2n) is 6.86. The second kappa shape index (κ2) is 6.90. The molecule has 0 saturated carbocycles. The lowest BCUT2D eigenvalue weighted by atomic mass is 9.83. The Morgan fingerprint density at radius 1 is 1.25 bits per heavy atom. The van der Waals surface area contributed by atoms with Crippen molar-refractivity contribution in [3.63, 3.8) is 0 Å². The number of nitrogens with zero attached hydrogens (tertiary/aromatic N) is 1. The third-order valence-electron chi connectivity index (χ3n) is 3.96. The van der Waals surface area contributed by atoms with E-state index < -0.39 is 10.0 Å². The predicted molar refractivity (Wildman–Crippen MR) is 104 cm³/mol. The third-order valence-corrected chi connectivity index (χ3v) is 6.69. The highest BCUT2D eigenvalue weighted by atomic mass is 32.2. The van der Waals surface area contributed by atoms with Gasteiger partial charge >= 0.3 is 0 Å². The first-order valence-corrected chi connectivity index (χ1v) is 10.1. The van der Waals surface area contributed by atoms with Crippen LogP contribution in [0.15, 0.2) is 34.5 Å². The van der Waals surface area contributed by atoms with Crippen LogP contribution in [0, 0.1) is 6.92 Å². The first-order chi connectivity index (χ1) is 11.1. The van der Waals surface area contributed by atoms with Gasteiger partial charge < -0.3 is 4.74 Å². The van der Waals surface area contributed by atoms with E-state index in [1.807, 2.05) is 38.3 Å². The Hall–Kier alpha value is -1.31. The third kappa shape index (κ3) is 3.68. The van der Waals surface area contributed by atoms with E-state index in [1.54, 1.807) is 6.07 Å². The number of methoxy groups -OCH3 is 1. The lowest BCUT2D eigenvalue weighted by molar-refractivity contribution is 0.209. The van der Waals surface area contributed by atoms with Crippen LogP contribution in [-0.2, 0) is 20.2 Å². The molecule has 0 unspecified atom stereocenters. The van der Waals surface area contributed by atoms with Gasteiger partial charge in [0.15, 0.2) is 0 Å². The van der Waals surface area contributed by atoms with E-state index in [9.17, 15) is 8.42 Å². The van der Waals surface area contributed by atoms with E-state index in [0.29, 0.717) is 10.6 Å². The first kappa shape index (κ1) is 19.0. The summed E-state index contributed by atoms with van der Waals surface area (Å²) in [7, 11) is -0.346. The van der Waals surface area contributed by atoms with Crippen LogP contribution in [0.25, 0.3) is 0 Å². The maximum absolute atomic E-state index is 13.2. The van der Waals surface area contributed by atoms with Crippen molar-refractivity contribution < 1.29 is 13.2 Å². The predicted octanol–water partition coefficient (Wildman–Crippen LogP) is 2.41. The van der Waals surface area contributed by atoms with Gasteiger partial charge in [0, 0.05) is 12.0 Å². The summed E-state index contributed by atoms with van der Waals surface area (Å²) in [5, 5.41) is 1.89. The fourth-order valence-electron chi connectivity index (χ4n) is 2.55. The van der Waals surface area contributed by atoms with Gasteiger partial charge in [-0.1, -0.05) is 38.4 Å². The molecule has 0 radical (unpaired) electrons. The summed E-state index contributed by atoms with van der Waals surface area (Å²) in [6.07, 6.45) is 0. The molecule has 0 saturated heterocycles. The Bertz CT molecular complexity index is 823. The van der Waals surface area contributed by atoms with Gasteiger partial charge in [0.1, 0.15) is 14.6 Å². The van der Waals surface area contributed by atoms with Crippen molar-refractivity contribution in [2.75, 3.05) is 18.1 Å². The number of sulfonamides is 1. The highest BCUT2D eigenvalue weighted by Gasteiger charge is 2.28. The Morgan fingerprint density at radius 2 is 1.92 bits per heavy atom. The van der Waals surface area contributed by atoms with Crippen LogP contribution in [0.4, 0.5) is 5.69 Å². The molecule has 1 aromatic heterocycles. The van der Waals surface area contributed by atoms with Gasteiger partial charge in [0.2, 0.25) is 0 Å². The number of aryl methyl sites for hydroxylation is 1. The average Bonchev–Trinajstić information content (AvgIpc) is 2.89. The van der Waals surface area contributed by atoms with E-state index in [-0.39, 0.29) is 12.1 Å². The quantitative estimate of drug-likeness (QED) is 0.604. The van der Waals surface area contributed by atoms with Crippen molar-refractivity contribution in [3.05, 3.63) is 40.1 Å². The summed E-state index contributed by atoms with van der Waals surface area (Å²) in [5.41, 5.74) is 2.50. The van der Waals surface area contributed by atoms with Crippen molar-refractivity contribution in [1.82, 2.24) is 0 Å². The SMILES string of the molecule is Bc1cc(C(C)(C)C)ccc1S(=O)(=O)N(COC)c1ccsc1C. The molecule has 1 aromatic carbocycles. The molecule has 24 heavy (non-hydrogen) atoms. The van der Waals surface area contributed by atoms with Crippen LogP contribution < -0.4 is 9.77 Å². The fraction of sp³-hybridized carbons (Fsp3) is 0.412. The minimum absolute atomic E-state index is 0.0135. The van der Waals surface area contributed by atoms with Crippen LogP contribution in [0.2, 0.25) is 0 Å². The number of rotatable bonds is 5.